The predicted molar refractivity (Wildman–Crippen MR) is 82.0 cm³/mol. The highest BCUT2D eigenvalue weighted by atomic mass is 32.2. The van der Waals surface area contributed by atoms with Gasteiger partial charge < -0.3 is 10.6 Å². The van der Waals surface area contributed by atoms with Crippen molar-refractivity contribution in [2.45, 2.75) is 28.6 Å². The van der Waals surface area contributed by atoms with Crippen molar-refractivity contribution in [3.63, 3.8) is 0 Å². The highest BCUT2D eigenvalue weighted by molar-refractivity contribution is 8.01. The summed E-state index contributed by atoms with van der Waals surface area (Å²) in [5, 5.41) is 9.27. The number of hydrogen-bond donors (Lipinski definition) is 1. The second kappa shape index (κ2) is 6.36. The molecule has 6 heteroatoms. The van der Waals surface area contributed by atoms with Crippen LogP contribution in [0.15, 0.2) is 33.5 Å². The Balaban J connectivity index is 2.22. The third-order valence-electron chi connectivity index (χ3n) is 2.73. The Hall–Kier alpha value is -1.11. The molecule has 2 aromatic rings. The first-order valence-corrected chi connectivity index (χ1v) is 7.78. The van der Waals surface area contributed by atoms with E-state index in [4.69, 9.17) is 5.73 Å². The first-order valence-electron chi connectivity index (χ1n) is 6.15. The van der Waals surface area contributed by atoms with E-state index in [0.717, 1.165) is 15.9 Å². The van der Waals surface area contributed by atoms with Crippen molar-refractivity contribution in [1.29, 1.82) is 0 Å². The van der Waals surface area contributed by atoms with Crippen LogP contribution in [-0.2, 0) is 0 Å². The van der Waals surface area contributed by atoms with Crippen molar-refractivity contribution in [3.05, 3.63) is 29.8 Å². The maximum Gasteiger partial charge on any atom is 0.208 e. The first kappa shape index (κ1) is 14.3. The van der Waals surface area contributed by atoms with Crippen LogP contribution >= 0.6 is 23.1 Å². The monoisotopic (exact) mass is 294 g/mol. The summed E-state index contributed by atoms with van der Waals surface area (Å²) in [7, 11) is 3.94. The molecule has 0 saturated heterocycles. The fourth-order valence-corrected chi connectivity index (χ4v) is 3.53. The summed E-state index contributed by atoms with van der Waals surface area (Å²) in [6.07, 6.45) is 0.927. The molecule has 0 amide bonds. The molecule has 2 rings (SSSR count). The molecule has 4 nitrogen and oxygen atoms in total. The average molecular weight is 294 g/mol. The van der Waals surface area contributed by atoms with Crippen LogP contribution in [0.2, 0.25) is 0 Å². The fourth-order valence-electron chi connectivity index (χ4n) is 1.62. The van der Waals surface area contributed by atoms with Gasteiger partial charge in [0, 0.05) is 25.0 Å². The molecule has 1 aromatic heterocycles. The smallest absolute Gasteiger partial charge is 0.208 e. The molecule has 0 spiro atoms. The quantitative estimate of drug-likeness (QED) is 0.918. The topological polar surface area (TPSA) is 55.0 Å². The zero-order valence-corrected chi connectivity index (χ0v) is 13.0. The van der Waals surface area contributed by atoms with Crippen molar-refractivity contribution < 1.29 is 0 Å². The Morgan fingerprint density at radius 3 is 2.68 bits per heavy atom. The van der Waals surface area contributed by atoms with E-state index in [1.807, 2.05) is 31.1 Å². The second-order valence-electron chi connectivity index (χ2n) is 4.40. The molecule has 0 radical (unpaired) electrons. The van der Waals surface area contributed by atoms with E-state index in [9.17, 15) is 0 Å². The molecule has 102 valence electrons. The van der Waals surface area contributed by atoms with Crippen LogP contribution in [0, 0.1) is 0 Å². The summed E-state index contributed by atoms with van der Waals surface area (Å²) < 4.78 is 0.944. The molecule has 0 saturated carbocycles. The highest BCUT2D eigenvalue weighted by Gasteiger charge is 2.13. The van der Waals surface area contributed by atoms with E-state index in [-0.39, 0.29) is 6.04 Å². The van der Waals surface area contributed by atoms with Gasteiger partial charge in [-0.3, -0.25) is 0 Å². The Kier molecular flexibility index (Phi) is 4.79. The van der Waals surface area contributed by atoms with E-state index in [1.54, 1.807) is 23.1 Å². The van der Waals surface area contributed by atoms with Gasteiger partial charge in [-0.1, -0.05) is 48.2 Å². The molecule has 19 heavy (non-hydrogen) atoms. The third-order valence-corrected chi connectivity index (χ3v) is 4.97. The molecule has 0 unspecified atom stereocenters. The summed E-state index contributed by atoms with van der Waals surface area (Å²) in [5.74, 6) is 0. The van der Waals surface area contributed by atoms with E-state index in [0.29, 0.717) is 0 Å². The molecule has 1 atom stereocenters. The summed E-state index contributed by atoms with van der Waals surface area (Å²) in [5.41, 5.74) is 7.33. The van der Waals surface area contributed by atoms with Crippen molar-refractivity contribution in [1.82, 2.24) is 10.2 Å². The largest absolute Gasteiger partial charge is 0.353 e. The minimum atomic E-state index is 0.0740. The van der Waals surface area contributed by atoms with E-state index >= 15 is 0 Å². The summed E-state index contributed by atoms with van der Waals surface area (Å²) in [4.78, 5) is 3.13. The lowest BCUT2D eigenvalue weighted by Crippen LogP contribution is -2.09. The molecule has 0 fully saturated rings. The maximum absolute atomic E-state index is 6.15. The second-order valence-corrected chi connectivity index (χ2v) is 6.64. The van der Waals surface area contributed by atoms with Crippen molar-refractivity contribution in [3.8, 4) is 0 Å². The Morgan fingerprint density at radius 1 is 1.32 bits per heavy atom. The van der Waals surface area contributed by atoms with Gasteiger partial charge in [0.1, 0.15) is 0 Å². The lowest BCUT2D eigenvalue weighted by Gasteiger charge is -2.13. The molecule has 2 N–H and O–H groups in total. The minimum Gasteiger partial charge on any atom is -0.353 e. The fraction of sp³-hybridized carbons (Fsp3) is 0.385. The molecule has 0 bridgehead atoms. The molecule has 1 heterocycles. The number of nitrogens with two attached hydrogens (primary N) is 1. The third kappa shape index (κ3) is 3.46. The summed E-state index contributed by atoms with van der Waals surface area (Å²) in [6, 6.07) is 8.31. The molecular formula is C13H18N4S2. The van der Waals surface area contributed by atoms with Crippen LogP contribution in [0.5, 0.6) is 0 Å². The minimum absolute atomic E-state index is 0.0740. The Morgan fingerprint density at radius 2 is 2.05 bits per heavy atom. The average Bonchev–Trinajstić information content (AvgIpc) is 2.87. The number of rotatable bonds is 5. The lowest BCUT2D eigenvalue weighted by atomic mass is 10.1. The van der Waals surface area contributed by atoms with Crippen LogP contribution in [0.1, 0.15) is 24.9 Å². The van der Waals surface area contributed by atoms with Crippen molar-refractivity contribution in [2.24, 2.45) is 5.73 Å². The van der Waals surface area contributed by atoms with Gasteiger partial charge in [-0.05, 0) is 18.1 Å². The van der Waals surface area contributed by atoms with Gasteiger partial charge in [0.25, 0.3) is 0 Å². The van der Waals surface area contributed by atoms with Crippen LogP contribution < -0.4 is 10.6 Å². The summed E-state index contributed by atoms with van der Waals surface area (Å²) in [6.45, 7) is 2.10. The zero-order chi connectivity index (χ0) is 13.8. The lowest BCUT2D eigenvalue weighted by molar-refractivity contribution is 0.685. The van der Waals surface area contributed by atoms with E-state index < -0.39 is 0 Å². The van der Waals surface area contributed by atoms with Crippen LogP contribution in [0.4, 0.5) is 5.13 Å². The summed E-state index contributed by atoms with van der Waals surface area (Å²) >= 11 is 3.22. The van der Waals surface area contributed by atoms with Gasteiger partial charge in [0.05, 0.1) is 0 Å². The van der Waals surface area contributed by atoms with Crippen LogP contribution in [-0.4, -0.2) is 24.3 Å². The van der Waals surface area contributed by atoms with Crippen LogP contribution in [0.25, 0.3) is 0 Å². The zero-order valence-electron chi connectivity index (χ0n) is 11.3. The van der Waals surface area contributed by atoms with Gasteiger partial charge in [0.2, 0.25) is 5.13 Å². The molecule has 0 aliphatic rings. The number of aromatic nitrogens is 2. The van der Waals surface area contributed by atoms with Gasteiger partial charge in [0.15, 0.2) is 4.34 Å². The number of hydrogen-bond acceptors (Lipinski definition) is 6. The molecule has 0 aliphatic carbocycles. The van der Waals surface area contributed by atoms with Gasteiger partial charge in [-0.2, -0.15) is 0 Å². The molecule has 1 aromatic carbocycles. The highest BCUT2D eigenvalue weighted by Crippen LogP contribution is 2.36. The van der Waals surface area contributed by atoms with Gasteiger partial charge in [-0.15, -0.1) is 10.2 Å². The van der Waals surface area contributed by atoms with Gasteiger partial charge in [-0.25, -0.2) is 0 Å². The van der Waals surface area contributed by atoms with Crippen LogP contribution in [0.3, 0.4) is 0 Å². The van der Waals surface area contributed by atoms with Crippen molar-refractivity contribution in [2.75, 3.05) is 19.0 Å². The number of benzene rings is 1. The normalized spacial score (nSPS) is 12.4. The number of nitrogens with zero attached hydrogens (tertiary/aromatic N) is 3. The number of anilines is 1. The van der Waals surface area contributed by atoms with E-state index in [1.165, 1.54) is 10.5 Å². The first-order chi connectivity index (χ1) is 9.11. The predicted octanol–water partition coefficient (Wildman–Crippen LogP) is 3.17. The van der Waals surface area contributed by atoms with E-state index in [2.05, 4.69) is 29.3 Å². The molecule has 0 aliphatic heterocycles. The maximum atomic E-state index is 6.15. The Bertz CT molecular complexity index is 539. The molecular weight excluding hydrogens is 276 g/mol. The van der Waals surface area contributed by atoms with Gasteiger partial charge >= 0.3 is 0 Å². The Labute approximate surface area is 122 Å². The SMILES string of the molecule is CC[C@@H](N)c1ccccc1Sc1nnc(N(C)C)s1. The van der Waals surface area contributed by atoms with Crippen molar-refractivity contribution >= 4 is 28.2 Å². The standard InChI is InChI=1S/C13H18N4S2/c1-4-10(14)9-7-5-6-8-11(9)18-13-16-15-12(19-13)17(2)3/h5-8,10H,4,14H2,1-3H3/t10-/m1/s1.